The van der Waals surface area contributed by atoms with Gasteiger partial charge >= 0.3 is 11.9 Å². The summed E-state index contributed by atoms with van der Waals surface area (Å²) in [6.45, 7) is 3.83. The molecule has 0 aliphatic carbocycles. The van der Waals surface area contributed by atoms with E-state index in [9.17, 15) is 9.59 Å². The molecule has 0 radical (unpaired) electrons. The number of carbonyl (C=O) groups excluding carboxylic acids is 2. The minimum atomic E-state index is -0.791. The molecule has 24 heavy (non-hydrogen) atoms. The van der Waals surface area contributed by atoms with Crippen molar-refractivity contribution >= 4 is 11.9 Å². The third-order valence-corrected chi connectivity index (χ3v) is 3.87. The summed E-state index contributed by atoms with van der Waals surface area (Å²) in [6.07, 6.45) is 7.53. The monoisotopic (exact) mass is 340 g/mol. The van der Waals surface area contributed by atoms with Gasteiger partial charge in [0.2, 0.25) is 6.29 Å². The van der Waals surface area contributed by atoms with Crippen LogP contribution in [0.1, 0.15) is 45.4 Å². The highest BCUT2D eigenvalue weighted by molar-refractivity contribution is 5.70. The zero-order chi connectivity index (χ0) is 18.0. The third kappa shape index (κ3) is 7.80. The van der Waals surface area contributed by atoms with Crippen LogP contribution in [-0.4, -0.2) is 62.6 Å². The first kappa shape index (κ1) is 20.5. The number of hydrogen-bond donors (Lipinski definition) is 0. The van der Waals surface area contributed by atoms with E-state index in [-0.39, 0.29) is 11.9 Å². The Bertz CT molecular complexity index is 455. The molecule has 136 valence electrons. The van der Waals surface area contributed by atoms with E-state index in [1.165, 1.54) is 0 Å². The first-order valence-corrected chi connectivity index (χ1v) is 8.64. The summed E-state index contributed by atoms with van der Waals surface area (Å²) >= 11 is 0. The Kier molecular flexibility index (Phi) is 8.80. The van der Waals surface area contributed by atoms with Crippen LogP contribution in [-0.2, 0) is 23.8 Å². The van der Waals surface area contributed by atoms with Gasteiger partial charge in [-0.1, -0.05) is 6.92 Å². The largest absolute Gasteiger partial charge is 0.456 e. The maximum absolute atomic E-state index is 12.0. The number of quaternary nitrogens is 1. The fraction of sp³-hybridized carbons (Fsp3) is 0.778. The Morgan fingerprint density at radius 2 is 1.96 bits per heavy atom. The summed E-state index contributed by atoms with van der Waals surface area (Å²) in [6, 6.07) is 0. The van der Waals surface area contributed by atoms with Crippen LogP contribution < -0.4 is 0 Å². The maximum Gasteiger partial charge on any atom is 0.308 e. The van der Waals surface area contributed by atoms with Crippen LogP contribution in [0.25, 0.3) is 0 Å². The fourth-order valence-electron chi connectivity index (χ4n) is 2.55. The molecule has 1 fully saturated rings. The highest BCUT2D eigenvalue weighted by atomic mass is 16.7. The smallest absolute Gasteiger partial charge is 0.308 e. The molecule has 6 heteroatoms. The molecule has 1 heterocycles. The van der Waals surface area contributed by atoms with Crippen molar-refractivity contribution < 1.29 is 28.3 Å². The number of esters is 2. The van der Waals surface area contributed by atoms with Crippen molar-refractivity contribution in [1.82, 2.24) is 0 Å². The van der Waals surface area contributed by atoms with E-state index in [1.807, 2.05) is 21.0 Å². The normalized spacial score (nSPS) is 20.9. The molecule has 2 unspecified atom stereocenters. The second-order valence-corrected chi connectivity index (χ2v) is 6.77. The van der Waals surface area contributed by atoms with Crippen LogP contribution >= 0.6 is 0 Å². The lowest BCUT2D eigenvalue weighted by atomic mass is 10.1. The Labute approximate surface area is 145 Å². The van der Waals surface area contributed by atoms with Crippen molar-refractivity contribution in [2.24, 2.45) is 0 Å². The molecule has 6 nitrogen and oxygen atoms in total. The Balaban J connectivity index is 2.40. The Hall–Kier alpha value is -1.58. The first-order chi connectivity index (χ1) is 11.4. The summed E-state index contributed by atoms with van der Waals surface area (Å²) in [5.41, 5.74) is 0. The van der Waals surface area contributed by atoms with Gasteiger partial charge < -0.3 is 18.7 Å². The molecule has 0 bridgehead atoms. The molecule has 1 saturated heterocycles. The predicted molar refractivity (Wildman–Crippen MR) is 89.8 cm³/mol. The fourth-order valence-corrected chi connectivity index (χ4v) is 2.55. The molecule has 0 amide bonds. The van der Waals surface area contributed by atoms with Crippen LogP contribution in [0.5, 0.6) is 0 Å². The van der Waals surface area contributed by atoms with Crippen LogP contribution in [0.15, 0.2) is 0 Å². The van der Waals surface area contributed by atoms with Crippen LogP contribution in [0, 0.1) is 12.3 Å². The van der Waals surface area contributed by atoms with Crippen molar-refractivity contribution in [3.63, 3.8) is 0 Å². The van der Waals surface area contributed by atoms with Gasteiger partial charge in [0.25, 0.3) is 0 Å². The predicted octanol–water partition coefficient (Wildman–Crippen LogP) is 1.87. The molecule has 1 aliphatic heterocycles. The number of rotatable bonds is 9. The van der Waals surface area contributed by atoms with E-state index in [4.69, 9.17) is 20.6 Å². The second-order valence-electron chi connectivity index (χ2n) is 6.77. The molecular weight excluding hydrogens is 310 g/mol. The minimum Gasteiger partial charge on any atom is -0.456 e. The quantitative estimate of drug-likeness (QED) is 0.364. The van der Waals surface area contributed by atoms with E-state index >= 15 is 0 Å². The van der Waals surface area contributed by atoms with Gasteiger partial charge in [-0.3, -0.25) is 9.59 Å². The third-order valence-electron chi connectivity index (χ3n) is 3.87. The van der Waals surface area contributed by atoms with Crippen LogP contribution in [0.4, 0.5) is 0 Å². The first-order valence-electron chi connectivity index (χ1n) is 8.64. The van der Waals surface area contributed by atoms with Gasteiger partial charge in [0.1, 0.15) is 6.54 Å². The van der Waals surface area contributed by atoms with Gasteiger partial charge in [-0.25, -0.2) is 0 Å². The lowest BCUT2D eigenvalue weighted by molar-refractivity contribution is -0.883. The van der Waals surface area contributed by atoms with Gasteiger partial charge in [0, 0.05) is 12.8 Å². The zero-order valence-corrected chi connectivity index (χ0v) is 15.1. The number of nitrogens with zero attached hydrogens (tertiary/aromatic N) is 1. The lowest BCUT2D eigenvalue weighted by Crippen LogP contribution is -2.42. The average molecular weight is 340 g/mol. The van der Waals surface area contributed by atoms with E-state index in [1.54, 1.807) is 0 Å². The molecule has 0 aromatic rings. The molecule has 0 saturated carbocycles. The van der Waals surface area contributed by atoms with Crippen molar-refractivity contribution in [2.45, 2.75) is 57.8 Å². The van der Waals surface area contributed by atoms with Crippen molar-refractivity contribution in [1.29, 1.82) is 0 Å². The van der Waals surface area contributed by atoms with Gasteiger partial charge in [0.15, 0.2) is 6.10 Å². The number of terminal acetylenes is 1. The summed E-state index contributed by atoms with van der Waals surface area (Å²) in [5, 5.41) is 0. The number of ether oxygens (including phenoxy) is 3. The Morgan fingerprint density at radius 1 is 1.25 bits per heavy atom. The molecule has 2 atom stereocenters. The summed E-state index contributed by atoms with van der Waals surface area (Å²) < 4.78 is 16.9. The Morgan fingerprint density at radius 3 is 2.62 bits per heavy atom. The summed E-state index contributed by atoms with van der Waals surface area (Å²) in [7, 11) is 4.05. The van der Waals surface area contributed by atoms with E-state index in [2.05, 4.69) is 5.92 Å². The highest BCUT2D eigenvalue weighted by Crippen LogP contribution is 2.20. The maximum atomic E-state index is 12.0. The van der Waals surface area contributed by atoms with Crippen molar-refractivity contribution in [2.75, 3.05) is 33.8 Å². The molecule has 1 aliphatic rings. The number of hydrogen-bond acceptors (Lipinski definition) is 5. The summed E-state index contributed by atoms with van der Waals surface area (Å²) in [5.74, 6) is 2.02. The highest BCUT2D eigenvalue weighted by Gasteiger charge is 2.32. The second kappa shape index (κ2) is 10.3. The van der Waals surface area contributed by atoms with Gasteiger partial charge in [-0.15, -0.1) is 6.42 Å². The van der Waals surface area contributed by atoms with Crippen molar-refractivity contribution in [3.8, 4) is 12.3 Å². The molecule has 1 rings (SSSR count). The molecule has 0 N–H and O–H groups in total. The standard InChI is InChI=1S/C18H30NO5/c1-5-9-16(20)23-15-10-8-14-22-18(15)24-17(21)11-7-13-19(3,4)12-6-2/h2,15,18H,5,7-14H2,1,3-4H3/q+1. The van der Waals surface area contributed by atoms with Crippen LogP contribution in [0.3, 0.4) is 0 Å². The van der Waals surface area contributed by atoms with Gasteiger partial charge in [0.05, 0.1) is 33.7 Å². The molecule has 0 aromatic heterocycles. The molecular formula is C18H30NO5+. The van der Waals surface area contributed by atoms with E-state index in [0.717, 1.165) is 19.4 Å². The minimum absolute atomic E-state index is 0.276. The van der Waals surface area contributed by atoms with E-state index < -0.39 is 12.4 Å². The molecule has 0 aromatic carbocycles. The topological polar surface area (TPSA) is 61.8 Å². The van der Waals surface area contributed by atoms with Crippen LogP contribution in [0.2, 0.25) is 0 Å². The molecule has 0 spiro atoms. The zero-order valence-electron chi connectivity index (χ0n) is 15.1. The van der Waals surface area contributed by atoms with Gasteiger partial charge in [-0.05, 0) is 25.2 Å². The van der Waals surface area contributed by atoms with E-state index in [0.29, 0.717) is 43.3 Å². The van der Waals surface area contributed by atoms with Crippen molar-refractivity contribution in [3.05, 3.63) is 0 Å². The summed E-state index contributed by atoms with van der Waals surface area (Å²) in [4.78, 5) is 23.7. The average Bonchev–Trinajstić information content (AvgIpc) is 2.49. The number of carbonyl (C=O) groups is 2. The SMILES string of the molecule is C#CC[N+](C)(C)CCCC(=O)OC1OCCCC1OC(=O)CCC. The van der Waals surface area contributed by atoms with Gasteiger partial charge in [-0.2, -0.15) is 0 Å². The lowest BCUT2D eigenvalue weighted by Gasteiger charge is -2.31.